The second kappa shape index (κ2) is 7.08. The van der Waals surface area contributed by atoms with E-state index in [1.165, 1.54) is 16.8 Å². The van der Waals surface area contributed by atoms with E-state index in [0.29, 0.717) is 12.2 Å². The van der Waals surface area contributed by atoms with Crippen molar-refractivity contribution in [1.82, 2.24) is 0 Å². The fourth-order valence-corrected chi connectivity index (χ4v) is 2.87. The van der Waals surface area contributed by atoms with Crippen LogP contribution < -0.4 is 4.90 Å². The fraction of sp³-hybridized carbons (Fsp3) is 0.381. The van der Waals surface area contributed by atoms with E-state index < -0.39 is 0 Å². The first-order valence-corrected chi connectivity index (χ1v) is 8.36. The Morgan fingerprint density at radius 1 is 1.08 bits per heavy atom. The van der Waals surface area contributed by atoms with Crippen molar-refractivity contribution in [2.45, 2.75) is 40.0 Å². The molecule has 0 unspecified atom stereocenters. The normalized spacial score (nSPS) is 11.2. The van der Waals surface area contributed by atoms with E-state index >= 15 is 0 Å². The first kappa shape index (κ1) is 18.1. The summed E-state index contributed by atoms with van der Waals surface area (Å²) >= 11 is 0. The molecule has 0 fully saturated rings. The van der Waals surface area contributed by atoms with E-state index in [9.17, 15) is 4.79 Å². The largest absolute Gasteiger partial charge is 0.462 e. The smallest absolute Gasteiger partial charge is 0.338 e. The average Bonchev–Trinajstić information content (AvgIpc) is 2.53. The number of hydrogen-bond donors (Lipinski definition) is 0. The fourth-order valence-electron chi connectivity index (χ4n) is 2.87. The predicted molar refractivity (Wildman–Crippen MR) is 100 cm³/mol. The maximum absolute atomic E-state index is 11.8. The number of ether oxygens (including phenoxy) is 1. The summed E-state index contributed by atoms with van der Waals surface area (Å²) in [5.41, 5.74) is 5.44. The van der Waals surface area contributed by atoms with Crippen molar-refractivity contribution >= 4 is 17.3 Å². The maximum atomic E-state index is 11.8. The Bertz CT molecular complexity index is 712. The van der Waals surface area contributed by atoms with E-state index in [0.717, 1.165) is 5.69 Å². The summed E-state index contributed by atoms with van der Waals surface area (Å²) in [6.45, 7) is 11.0. The van der Waals surface area contributed by atoms with E-state index in [4.69, 9.17) is 4.74 Å². The van der Waals surface area contributed by atoms with E-state index in [1.807, 2.05) is 31.2 Å². The van der Waals surface area contributed by atoms with Crippen molar-refractivity contribution in [2.24, 2.45) is 0 Å². The lowest BCUT2D eigenvalue weighted by Crippen LogP contribution is -2.20. The molecule has 0 heterocycles. The molecule has 0 saturated carbocycles. The molecule has 2 aromatic carbocycles. The van der Waals surface area contributed by atoms with Gasteiger partial charge in [-0.2, -0.15) is 0 Å². The molecular formula is C21H27NO2. The highest BCUT2D eigenvalue weighted by Crippen LogP contribution is 2.37. The van der Waals surface area contributed by atoms with Crippen molar-refractivity contribution in [3.8, 4) is 0 Å². The first-order chi connectivity index (χ1) is 11.3. The van der Waals surface area contributed by atoms with Crippen molar-refractivity contribution in [3.63, 3.8) is 0 Å². The third kappa shape index (κ3) is 3.78. The first-order valence-electron chi connectivity index (χ1n) is 8.36. The summed E-state index contributed by atoms with van der Waals surface area (Å²) in [7, 11) is 2.07. The molecule has 0 aliphatic rings. The zero-order valence-corrected chi connectivity index (χ0v) is 15.5. The molecule has 3 nitrogen and oxygen atoms in total. The van der Waals surface area contributed by atoms with Crippen LogP contribution in [0.2, 0.25) is 0 Å². The van der Waals surface area contributed by atoms with Crippen LogP contribution in [0.15, 0.2) is 42.5 Å². The van der Waals surface area contributed by atoms with Crippen LogP contribution in [0.1, 0.15) is 49.2 Å². The van der Waals surface area contributed by atoms with Gasteiger partial charge in [-0.25, -0.2) is 4.79 Å². The third-order valence-corrected chi connectivity index (χ3v) is 4.15. The highest BCUT2D eigenvalue weighted by atomic mass is 16.5. The minimum absolute atomic E-state index is 0.0560. The third-order valence-electron chi connectivity index (χ3n) is 4.15. The molecule has 128 valence electrons. The molecule has 2 rings (SSSR count). The summed E-state index contributed by atoms with van der Waals surface area (Å²) in [6.07, 6.45) is 0. The second-order valence-electron chi connectivity index (χ2n) is 7.05. The number of aryl methyl sites for hydroxylation is 1. The van der Waals surface area contributed by atoms with Crippen molar-refractivity contribution in [3.05, 3.63) is 59.2 Å². The lowest BCUT2D eigenvalue weighted by atomic mass is 9.84. The second-order valence-corrected chi connectivity index (χ2v) is 7.05. The summed E-state index contributed by atoms with van der Waals surface area (Å²) in [6, 6.07) is 14.0. The quantitative estimate of drug-likeness (QED) is 0.720. The number of nitrogens with zero attached hydrogens (tertiary/aromatic N) is 1. The Kier molecular flexibility index (Phi) is 5.33. The molecule has 24 heavy (non-hydrogen) atoms. The number of hydrogen-bond acceptors (Lipinski definition) is 3. The van der Waals surface area contributed by atoms with Crippen LogP contribution in [-0.2, 0) is 10.2 Å². The molecule has 0 aliphatic heterocycles. The zero-order valence-electron chi connectivity index (χ0n) is 15.5. The monoisotopic (exact) mass is 325 g/mol. The Hall–Kier alpha value is -2.29. The van der Waals surface area contributed by atoms with E-state index in [-0.39, 0.29) is 11.4 Å². The molecule has 2 aromatic rings. The molecule has 0 aromatic heterocycles. The molecule has 3 heteroatoms. The number of carbonyl (C=O) groups excluding carboxylic acids is 1. The topological polar surface area (TPSA) is 29.5 Å². The molecule has 0 atom stereocenters. The van der Waals surface area contributed by atoms with Crippen LogP contribution in [0, 0.1) is 6.92 Å². The highest BCUT2D eigenvalue weighted by Gasteiger charge is 2.22. The SMILES string of the molecule is CCOC(=O)c1ccc(N(C)c2c(C)cccc2C(C)(C)C)cc1. The standard InChI is InChI=1S/C21H27NO2/c1-7-24-20(23)16-11-13-17(14-12-16)22(6)19-15(2)9-8-10-18(19)21(3,4)5/h8-14H,7H2,1-6H3. The summed E-state index contributed by atoms with van der Waals surface area (Å²) in [5.74, 6) is -0.280. The predicted octanol–water partition coefficient (Wildman–Crippen LogP) is 5.24. The van der Waals surface area contributed by atoms with Crippen LogP contribution in [-0.4, -0.2) is 19.6 Å². The van der Waals surface area contributed by atoms with Crippen molar-refractivity contribution < 1.29 is 9.53 Å². The van der Waals surface area contributed by atoms with Gasteiger partial charge in [-0.1, -0.05) is 39.0 Å². The molecule has 0 radical (unpaired) electrons. The van der Waals surface area contributed by atoms with E-state index in [1.54, 1.807) is 0 Å². The van der Waals surface area contributed by atoms with Crippen molar-refractivity contribution in [1.29, 1.82) is 0 Å². The van der Waals surface area contributed by atoms with Crippen LogP contribution in [0.25, 0.3) is 0 Å². The molecule has 0 N–H and O–H groups in total. The number of carbonyl (C=O) groups is 1. The number of rotatable bonds is 4. The number of benzene rings is 2. The van der Waals surface area contributed by atoms with Gasteiger partial charge >= 0.3 is 5.97 Å². The van der Waals surface area contributed by atoms with Crippen LogP contribution >= 0.6 is 0 Å². The van der Waals surface area contributed by atoms with Gasteiger partial charge in [-0.15, -0.1) is 0 Å². The van der Waals surface area contributed by atoms with Gasteiger partial charge in [0.05, 0.1) is 12.2 Å². The van der Waals surface area contributed by atoms with Gasteiger partial charge in [0.2, 0.25) is 0 Å². The Morgan fingerprint density at radius 2 is 1.71 bits per heavy atom. The summed E-state index contributed by atoms with van der Waals surface area (Å²) in [5, 5.41) is 0. The molecule has 0 saturated heterocycles. The van der Waals surface area contributed by atoms with Gasteiger partial charge in [0.25, 0.3) is 0 Å². The maximum Gasteiger partial charge on any atom is 0.338 e. The summed E-state index contributed by atoms with van der Waals surface area (Å²) < 4.78 is 5.04. The van der Waals surface area contributed by atoms with E-state index in [2.05, 4.69) is 57.8 Å². The molecule has 0 aliphatic carbocycles. The Balaban J connectivity index is 2.39. The van der Waals surface area contributed by atoms with Gasteiger partial charge < -0.3 is 9.64 Å². The Labute approximate surface area is 145 Å². The molecule has 0 amide bonds. The molecule has 0 bridgehead atoms. The highest BCUT2D eigenvalue weighted by molar-refractivity contribution is 5.90. The van der Waals surface area contributed by atoms with Gasteiger partial charge in [0.1, 0.15) is 0 Å². The van der Waals surface area contributed by atoms with Gasteiger partial charge in [0.15, 0.2) is 0 Å². The average molecular weight is 325 g/mol. The summed E-state index contributed by atoms with van der Waals surface area (Å²) in [4.78, 5) is 14.0. The van der Waals surface area contributed by atoms with Crippen LogP contribution in [0.4, 0.5) is 11.4 Å². The lowest BCUT2D eigenvalue weighted by Gasteiger charge is -2.30. The minimum atomic E-state index is -0.280. The Morgan fingerprint density at radius 3 is 2.25 bits per heavy atom. The van der Waals surface area contributed by atoms with Crippen LogP contribution in [0.5, 0.6) is 0 Å². The number of para-hydroxylation sites is 1. The van der Waals surface area contributed by atoms with Crippen molar-refractivity contribution in [2.75, 3.05) is 18.6 Å². The number of anilines is 2. The molecule has 0 spiro atoms. The van der Waals surface area contributed by atoms with Gasteiger partial charge in [0, 0.05) is 18.4 Å². The molecular weight excluding hydrogens is 298 g/mol. The minimum Gasteiger partial charge on any atom is -0.462 e. The lowest BCUT2D eigenvalue weighted by molar-refractivity contribution is 0.0526. The van der Waals surface area contributed by atoms with Gasteiger partial charge in [-0.3, -0.25) is 0 Å². The number of esters is 1. The van der Waals surface area contributed by atoms with Crippen LogP contribution in [0.3, 0.4) is 0 Å². The zero-order chi connectivity index (χ0) is 17.9. The van der Waals surface area contributed by atoms with Gasteiger partial charge in [-0.05, 0) is 54.7 Å².